The fourth-order valence-electron chi connectivity index (χ4n) is 2.92. The van der Waals surface area contributed by atoms with Gasteiger partial charge in [0, 0.05) is 5.92 Å². The van der Waals surface area contributed by atoms with Crippen molar-refractivity contribution in [1.29, 1.82) is 0 Å². The van der Waals surface area contributed by atoms with E-state index in [0.29, 0.717) is 17.9 Å². The second-order valence-corrected chi connectivity index (χ2v) is 5.99. The van der Waals surface area contributed by atoms with E-state index in [2.05, 4.69) is 10.7 Å². The highest BCUT2D eigenvalue weighted by atomic mass is 16.2. The molecular formula is C16H19N3O3. The molecule has 1 aromatic carbocycles. The number of urea groups is 1. The Morgan fingerprint density at radius 2 is 2.00 bits per heavy atom. The van der Waals surface area contributed by atoms with Crippen molar-refractivity contribution in [3.8, 4) is 0 Å². The van der Waals surface area contributed by atoms with Crippen molar-refractivity contribution in [2.45, 2.75) is 32.2 Å². The largest absolute Gasteiger partial charge is 0.344 e. The van der Waals surface area contributed by atoms with Crippen LogP contribution in [0.4, 0.5) is 4.79 Å². The number of hydrazine groups is 1. The van der Waals surface area contributed by atoms with Crippen LogP contribution in [0.15, 0.2) is 30.3 Å². The quantitative estimate of drug-likeness (QED) is 0.828. The van der Waals surface area contributed by atoms with Crippen LogP contribution in [0, 0.1) is 11.8 Å². The van der Waals surface area contributed by atoms with Crippen molar-refractivity contribution in [1.82, 2.24) is 15.8 Å². The molecule has 0 bridgehead atoms. The second kappa shape index (κ2) is 5.12. The topological polar surface area (TPSA) is 78.5 Å². The number of carbonyl (C=O) groups is 3. The van der Waals surface area contributed by atoms with Crippen LogP contribution in [0.3, 0.4) is 0 Å². The fourth-order valence-corrected chi connectivity index (χ4v) is 2.92. The van der Waals surface area contributed by atoms with Gasteiger partial charge in [0.15, 0.2) is 0 Å². The third kappa shape index (κ3) is 2.15. The number of carbonyl (C=O) groups excluding carboxylic acids is 3. The molecule has 1 saturated heterocycles. The fraction of sp³-hybridized carbons (Fsp3) is 0.438. The number of hydrogen-bond donors (Lipinski definition) is 2. The van der Waals surface area contributed by atoms with Crippen molar-refractivity contribution < 1.29 is 14.4 Å². The van der Waals surface area contributed by atoms with Crippen LogP contribution in [-0.4, -0.2) is 22.9 Å². The number of imide groups is 1. The lowest BCUT2D eigenvalue weighted by Crippen LogP contribution is -2.49. The second-order valence-electron chi connectivity index (χ2n) is 5.99. The predicted octanol–water partition coefficient (Wildman–Crippen LogP) is 1.53. The van der Waals surface area contributed by atoms with Crippen LogP contribution in [0.2, 0.25) is 0 Å². The molecule has 1 aliphatic carbocycles. The summed E-state index contributed by atoms with van der Waals surface area (Å²) in [4.78, 5) is 36.9. The van der Waals surface area contributed by atoms with E-state index in [4.69, 9.17) is 0 Å². The molecule has 2 aliphatic rings. The van der Waals surface area contributed by atoms with E-state index < -0.39 is 17.5 Å². The summed E-state index contributed by atoms with van der Waals surface area (Å²) in [5.74, 6) is -0.497. The molecule has 1 saturated carbocycles. The molecule has 0 unspecified atom stereocenters. The molecule has 6 nitrogen and oxygen atoms in total. The van der Waals surface area contributed by atoms with Gasteiger partial charge in [-0.25, -0.2) is 4.79 Å². The molecular weight excluding hydrogens is 282 g/mol. The summed E-state index contributed by atoms with van der Waals surface area (Å²) in [5, 5.41) is 3.56. The van der Waals surface area contributed by atoms with Gasteiger partial charge in [-0.1, -0.05) is 44.2 Å². The van der Waals surface area contributed by atoms with Crippen molar-refractivity contribution in [2.24, 2.45) is 11.8 Å². The molecule has 0 radical (unpaired) electrons. The van der Waals surface area contributed by atoms with Crippen LogP contribution in [0.5, 0.6) is 0 Å². The lowest BCUT2D eigenvalue weighted by Gasteiger charge is -2.25. The van der Waals surface area contributed by atoms with Gasteiger partial charge in [-0.3, -0.25) is 15.0 Å². The first-order valence-electron chi connectivity index (χ1n) is 7.52. The summed E-state index contributed by atoms with van der Waals surface area (Å²) in [5.41, 5.74) is 2.07. The normalized spacial score (nSPS) is 30.2. The average Bonchev–Trinajstić information content (AvgIpc) is 3.21. The SMILES string of the molecule is CC[C@]1(c2ccccc2)NC(=O)N(NC(=O)[C@@H]2C[C@@H]2C)C1=O. The number of amides is 4. The molecule has 116 valence electrons. The van der Waals surface area contributed by atoms with Gasteiger partial charge in [0.25, 0.3) is 5.91 Å². The zero-order valence-corrected chi connectivity index (χ0v) is 12.6. The van der Waals surface area contributed by atoms with Gasteiger partial charge >= 0.3 is 6.03 Å². The molecule has 1 aliphatic heterocycles. The maximum absolute atomic E-state index is 12.8. The molecule has 3 rings (SSSR count). The van der Waals surface area contributed by atoms with E-state index in [1.54, 1.807) is 12.1 Å². The Morgan fingerprint density at radius 1 is 1.36 bits per heavy atom. The molecule has 2 N–H and O–H groups in total. The maximum Gasteiger partial charge on any atom is 0.344 e. The molecule has 6 heteroatoms. The Balaban J connectivity index is 1.85. The smallest absolute Gasteiger partial charge is 0.318 e. The van der Waals surface area contributed by atoms with Gasteiger partial charge in [-0.15, -0.1) is 0 Å². The first-order valence-corrected chi connectivity index (χ1v) is 7.52. The van der Waals surface area contributed by atoms with Gasteiger partial charge in [-0.2, -0.15) is 5.01 Å². The summed E-state index contributed by atoms with van der Waals surface area (Å²) >= 11 is 0. The third-order valence-corrected chi connectivity index (χ3v) is 4.56. The number of rotatable bonds is 4. The Hall–Kier alpha value is -2.37. The van der Waals surface area contributed by atoms with E-state index in [1.165, 1.54) is 0 Å². The van der Waals surface area contributed by atoms with Crippen molar-refractivity contribution in [3.05, 3.63) is 35.9 Å². The number of nitrogens with one attached hydrogen (secondary N) is 2. The lowest BCUT2D eigenvalue weighted by atomic mass is 9.87. The highest BCUT2D eigenvalue weighted by Gasteiger charge is 2.53. The first kappa shape index (κ1) is 14.6. The Morgan fingerprint density at radius 3 is 2.55 bits per heavy atom. The Labute approximate surface area is 128 Å². The van der Waals surface area contributed by atoms with Gasteiger partial charge in [0.05, 0.1) is 0 Å². The van der Waals surface area contributed by atoms with Crippen LogP contribution in [-0.2, 0) is 15.1 Å². The van der Waals surface area contributed by atoms with Crippen LogP contribution in [0.25, 0.3) is 0 Å². The Bertz CT molecular complexity index is 631. The molecule has 22 heavy (non-hydrogen) atoms. The third-order valence-electron chi connectivity index (χ3n) is 4.56. The molecule has 1 heterocycles. The van der Waals surface area contributed by atoms with E-state index in [1.807, 2.05) is 32.0 Å². The van der Waals surface area contributed by atoms with Gasteiger partial charge < -0.3 is 5.32 Å². The highest BCUT2D eigenvalue weighted by molar-refractivity contribution is 6.08. The number of nitrogens with zero attached hydrogens (tertiary/aromatic N) is 1. The van der Waals surface area contributed by atoms with Gasteiger partial charge in [-0.05, 0) is 24.3 Å². The Kier molecular flexibility index (Phi) is 3.39. The maximum atomic E-state index is 12.8. The monoisotopic (exact) mass is 301 g/mol. The number of hydrogen-bond acceptors (Lipinski definition) is 3. The zero-order valence-electron chi connectivity index (χ0n) is 12.6. The van der Waals surface area contributed by atoms with E-state index in [0.717, 1.165) is 11.4 Å². The van der Waals surface area contributed by atoms with Crippen molar-refractivity contribution in [3.63, 3.8) is 0 Å². The molecule has 0 spiro atoms. The summed E-state index contributed by atoms with van der Waals surface area (Å²) in [7, 11) is 0. The summed E-state index contributed by atoms with van der Waals surface area (Å²) < 4.78 is 0. The molecule has 2 fully saturated rings. The molecule has 3 atom stereocenters. The standard InChI is InChI=1S/C16H19N3O3/c1-3-16(11-7-5-4-6-8-11)14(21)19(15(22)17-16)18-13(20)12-9-10(12)2/h4-8,10,12H,3,9H2,1-2H3,(H,17,22)(H,18,20)/t10-,12+,16+/m0/s1. The van der Waals surface area contributed by atoms with E-state index in [9.17, 15) is 14.4 Å². The average molecular weight is 301 g/mol. The predicted molar refractivity (Wildman–Crippen MR) is 79.2 cm³/mol. The van der Waals surface area contributed by atoms with Crippen LogP contribution in [0.1, 0.15) is 32.3 Å². The minimum Gasteiger partial charge on any atom is -0.318 e. The zero-order chi connectivity index (χ0) is 15.9. The lowest BCUT2D eigenvalue weighted by molar-refractivity contribution is -0.140. The van der Waals surface area contributed by atoms with Crippen LogP contribution < -0.4 is 10.7 Å². The van der Waals surface area contributed by atoms with Crippen molar-refractivity contribution in [2.75, 3.05) is 0 Å². The van der Waals surface area contributed by atoms with Gasteiger partial charge in [0.1, 0.15) is 5.54 Å². The summed E-state index contributed by atoms with van der Waals surface area (Å²) in [6.45, 7) is 3.80. The molecule has 1 aromatic rings. The summed E-state index contributed by atoms with van der Waals surface area (Å²) in [6.07, 6.45) is 1.21. The van der Waals surface area contributed by atoms with E-state index >= 15 is 0 Å². The van der Waals surface area contributed by atoms with Gasteiger partial charge in [0.2, 0.25) is 5.91 Å². The van der Waals surface area contributed by atoms with Crippen LogP contribution >= 0.6 is 0 Å². The molecule has 4 amide bonds. The minimum absolute atomic E-state index is 0.103. The number of benzene rings is 1. The van der Waals surface area contributed by atoms with E-state index in [-0.39, 0.29) is 11.8 Å². The molecule has 0 aromatic heterocycles. The minimum atomic E-state index is -1.11. The van der Waals surface area contributed by atoms with Crippen molar-refractivity contribution >= 4 is 17.8 Å². The summed E-state index contributed by atoms with van der Waals surface area (Å²) in [6, 6.07) is 8.50. The first-order chi connectivity index (χ1) is 10.5. The highest BCUT2D eigenvalue weighted by Crippen LogP contribution is 2.38.